The number of nitrogens with two attached hydrogens (primary N) is 1. The molecule has 21 heavy (non-hydrogen) atoms. The van der Waals surface area contributed by atoms with Crippen LogP contribution in [0.4, 0.5) is 5.13 Å². The van der Waals surface area contributed by atoms with Crippen LogP contribution in [-0.4, -0.2) is 9.55 Å². The van der Waals surface area contributed by atoms with Crippen molar-refractivity contribution in [3.8, 4) is 16.9 Å². The van der Waals surface area contributed by atoms with Crippen molar-refractivity contribution in [2.75, 3.05) is 5.73 Å². The molecule has 0 amide bonds. The molecule has 110 valence electrons. The number of aromatic nitrogens is 2. The van der Waals surface area contributed by atoms with Crippen LogP contribution in [0.25, 0.3) is 16.9 Å². The highest BCUT2D eigenvalue weighted by Gasteiger charge is 2.14. The van der Waals surface area contributed by atoms with Crippen LogP contribution in [0.3, 0.4) is 0 Å². The Bertz CT molecular complexity index is 756. The molecule has 0 aliphatic heterocycles. The zero-order chi connectivity index (χ0) is 14.3. The lowest BCUT2D eigenvalue weighted by Gasteiger charge is -2.10. The first-order valence-electron chi connectivity index (χ1n) is 6.53. The van der Waals surface area contributed by atoms with Crippen molar-refractivity contribution in [1.82, 2.24) is 9.55 Å². The lowest BCUT2D eigenvalue weighted by Crippen LogP contribution is -1.98. The summed E-state index contributed by atoms with van der Waals surface area (Å²) in [7, 11) is 0. The van der Waals surface area contributed by atoms with E-state index >= 15 is 0 Å². The number of hydrogen-bond donors (Lipinski definition) is 1. The van der Waals surface area contributed by atoms with Gasteiger partial charge in [-0.2, -0.15) is 0 Å². The van der Waals surface area contributed by atoms with E-state index in [0.717, 1.165) is 11.3 Å². The van der Waals surface area contributed by atoms with E-state index in [2.05, 4.69) is 60.7 Å². The predicted molar refractivity (Wildman–Crippen MR) is 92.7 cm³/mol. The maximum atomic E-state index is 5.74. The van der Waals surface area contributed by atoms with Gasteiger partial charge in [-0.05, 0) is 39.0 Å². The first-order valence-corrected chi connectivity index (χ1v) is 7.41. The summed E-state index contributed by atoms with van der Waals surface area (Å²) in [6.45, 7) is 6.34. The number of anilines is 1. The minimum absolute atomic E-state index is 0. The normalized spacial score (nSPS) is 10.4. The monoisotopic (exact) mass is 319 g/mol. The Labute approximate surface area is 134 Å². The Morgan fingerprint density at radius 1 is 1.10 bits per heavy atom. The smallest absolute Gasteiger partial charge is 0.180 e. The SMILES string of the molecule is Cc1ccc(-n2c(C)cc(-c3csc(N)n3)c2C)cc1.Cl. The number of thiazole rings is 1. The molecule has 3 aromatic rings. The van der Waals surface area contributed by atoms with E-state index in [1.165, 1.54) is 34.0 Å². The quantitative estimate of drug-likeness (QED) is 0.754. The predicted octanol–water partition coefficient (Wildman–Crippen LogP) is 4.53. The minimum atomic E-state index is 0. The van der Waals surface area contributed by atoms with Crippen molar-refractivity contribution in [2.24, 2.45) is 0 Å². The molecule has 3 rings (SSSR count). The summed E-state index contributed by atoms with van der Waals surface area (Å²) in [4.78, 5) is 4.39. The summed E-state index contributed by atoms with van der Waals surface area (Å²) < 4.78 is 2.25. The molecule has 2 aromatic heterocycles. The topological polar surface area (TPSA) is 43.8 Å². The van der Waals surface area contributed by atoms with Crippen LogP contribution < -0.4 is 5.73 Å². The van der Waals surface area contributed by atoms with Crippen molar-refractivity contribution in [3.05, 3.63) is 52.7 Å². The largest absolute Gasteiger partial charge is 0.375 e. The van der Waals surface area contributed by atoms with Gasteiger partial charge in [0.25, 0.3) is 0 Å². The molecule has 2 N–H and O–H groups in total. The van der Waals surface area contributed by atoms with Crippen molar-refractivity contribution in [2.45, 2.75) is 20.8 Å². The Morgan fingerprint density at radius 2 is 1.76 bits per heavy atom. The van der Waals surface area contributed by atoms with Crippen LogP contribution in [0.1, 0.15) is 17.0 Å². The van der Waals surface area contributed by atoms with Gasteiger partial charge >= 0.3 is 0 Å². The second-order valence-corrected chi connectivity index (χ2v) is 5.92. The number of halogens is 1. The molecule has 0 saturated carbocycles. The van der Waals surface area contributed by atoms with E-state index in [0.29, 0.717) is 5.13 Å². The highest BCUT2D eigenvalue weighted by Crippen LogP contribution is 2.30. The zero-order valence-electron chi connectivity index (χ0n) is 12.3. The summed E-state index contributed by atoms with van der Waals surface area (Å²) in [6, 6.07) is 10.7. The van der Waals surface area contributed by atoms with E-state index in [1.54, 1.807) is 0 Å². The minimum Gasteiger partial charge on any atom is -0.375 e. The van der Waals surface area contributed by atoms with E-state index in [9.17, 15) is 0 Å². The molecule has 0 radical (unpaired) electrons. The maximum absolute atomic E-state index is 5.74. The molecular weight excluding hydrogens is 302 g/mol. The molecule has 0 aliphatic rings. The van der Waals surface area contributed by atoms with Gasteiger partial charge in [-0.15, -0.1) is 23.7 Å². The molecule has 5 heteroatoms. The van der Waals surface area contributed by atoms with Crippen molar-refractivity contribution in [3.63, 3.8) is 0 Å². The summed E-state index contributed by atoms with van der Waals surface area (Å²) in [6.07, 6.45) is 0. The highest BCUT2D eigenvalue weighted by molar-refractivity contribution is 7.13. The third kappa shape index (κ3) is 2.82. The van der Waals surface area contributed by atoms with Gasteiger partial charge in [0.05, 0.1) is 5.69 Å². The van der Waals surface area contributed by atoms with Crippen LogP contribution in [0.5, 0.6) is 0 Å². The highest BCUT2D eigenvalue weighted by atomic mass is 35.5. The van der Waals surface area contributed by atoms with E-state index < -0.39 is 0 Å². The third-order valence-corrected chi connectivity index (χ3v) is 4.20. The fourth-order valence-electron chi connectivity index (χ4n) is 2.52. The average Bonchev–Trinajstić information content (AvgIpc) is 2.95. The molecule has 0 saturated heterocycles. The number of nitrogens with zero attached hydrogens (tertiary/aromatic N) is 2. The van der Waals surface area contributed by atoms with Crippen molar-refractivity contribution in [1.29, 1.82) is 0 Å². The fraction of sp³-hybridized carbons (Fsp3) is 0.188. The van der Waals surface area contributed by atoms with Gasteiger partial charge in [-0.1, -0.05) is 17.7 Å². The maximum Gasteiger partial charge on any atom is 0.180 e. The summed E-state index contributed by atoms with van der Waals surface area (Å²) in [5.41, 5.74) is 12.7. The van der Waals surface area contributed by atoms with Gasteiger partial charge in [0.1, 0.15) is 0 Å². The Kier molecular flexibility index (Phi) is 4.40. The van der Waals surface area contributed by atoms with Gasteiger partial charge in [-0.25, -0.2) is 4.98 Å². The lowest BCUT2D eigenvalue weighted by atomic mass is 10.2. The van der Waals surface area contributed by atoms with Gasteiger partial charge < -0.3 is 10.3 Å². The standard InChI is InChI=1S/C16H17N3S.ClH/c1-10-4-6-13(7-5-10)19-11(2)8-14(12(19)3)15-9-20-16(17)18-15;/h4-9H,1-3H3,(H2,17,18);1H. The number of hydrogen-bond acceptors (Lipinski definition) is 3. The second kappa shape index (κ2) is 5.92. The van der Waals surface area contributed by atoms with Crippen molar-refractivity contribution >= 4 is 28.9 Å². The Balaban J connectivity index is 0.00000161. The molecule has 0 spiro atoms. The van der Waals surface area contributed by atoms with E-state index in [4.69, 9.17) is 5.73 Å². The first-order chi connectivity index (χ1) is 9.56. The molecule has 0 fully saturated rings. The number of rotatable bonds is 2. The van der Waals surface area contributed by atoms with Gasteiger partial charge in [-0.3, -0.25) is 0 Å². The van der Waals surface area contributed by atoms with E-state index in [-0.39, 0.29) is 12.4 Å². The Morgan fingerprint density at radius 3 is 2.33 bits per heavy atom. The molecule has 3 nitrogen and oxygen atoms in total. The van der Waals surface area contributed by atoms with Crippen LogP contribution >= 0.6 is 23.7 Å². The number of aryl methyl sites for hydroxylation is 2. The number of nitrogen functional groups attached to an aromatic ring is 1. The Hall–Kier alpha value is -1.78. The molecule has 1 aromatic carbocycles. The number of benzene rings is 1. The fourth-order valence-corrected chi connectivity index (χ4v) is 3.09. The van der Waals surface area contributed by atoms with E-state index in [1.807, 2.05) is 5.38 Å². The van der Waals surface area contributed by atoms with Gasteiger partial charge in [0.2, 0.25) is 0 Å². The molecule has 0 unspecified atom stereocenters. The molecule has 0 atom stereocenters. The molecule has 0 aliphatic carbocycles. The van der Waals surface area contributed by atoms with Crippen LogP contribution in [0.15, 0.2) is 35.7 Å². The second-order valence-electron chi connectivity index (χ2n) is 5.03. The average molecular weight is 320 g/mol. The van der Waals surface area contributed by atoms with Gasteiger partial charge in [0.15, 0.2) is 5.13 Å². The van der Waals surface area contributed by atoms with Crippen LogP contribution in [0.2, 0.25) is 0 Å². The zero-order valence-corrected chi connectivity index (χ0v) is 13.9. The van der Waals surface area contributed by atoms with Crippen molar-refractivity contribution < 1.29 is 0 Å². The molecule has 0 bridgehead atoms. The van der Waals surface area contributed by atoms with Crippen LogP contribution in [-0.2, 0) is 0 Å². The first kappa shape index (κ1) is 15.6. The third-order valence-electron chi connectivity index (χ3n) is 3.52. The van der Waals surface area contributed by atoms with Crippen LogP contribution in [0, 0.1) is 20.8 Å². The van der Waals surface area contributed by atoms with Gasteiger partial charge in [0, 0.05) is 28.0 Å². The molecular formula is C16H18ClN3S. The molecule has 2 heterocycles. The lowest BCUT2D eigenvalue weighted by molar-refractivity contribution is 0.965. The summed E-state index contributed by atoms with van der Waals surface area (Å²) >= 11 is 1.48. The summed E-state index contributed by atoms with van der Waals surface area (Å²) in [5.74, 6) is 0. The summed E-state index contributed by atoms with van der Waals surface area (Å²) in [5, 5.41) is 2.62.